The van der Waals surface area contributed by atoms with Gasteiger partial charge < -0.3 is 39.6 Å². The first-order valence-electron chi connectivity index (χ1n) is 10.7. The van der Waals surface area contributed by atoms with Crippen molar-refractivity contribution in [2.45, 2.75) is 19.6 Å². The summed E-state index contributed by atoms with van der Waals surface area (Å²) in [7, 11) is 0. The number of halogens is 3. The molecule has 4 nitrogen and oxygen atoms in total. The third-order valence-corrected chi connectivity index (χ3v) is 5.54. The lowest BCUT2D eigenvalue weighted by Crippen LogP contribution is -3.00. The molecule has 0 amide bonds. The van der Waals surface area contributed by atoms with Crippen molar-refractivity contribution >= 4 is 10.8 Å². The molecule has 32 heavy (non-hydrogen) atoms. The highest BCUT2D eigenvalue weighted by atomic mass is 35.5. The zero-order chi connectivity index (χ0) is 20.6. The highest BCUT2D eigenvalue weighted by molar-refractivity contribution is 5.87. The fourth-order valence-electron chi connectivity index (χ4n) is 3.84. The normalized spacial score (nSPS) is 13.9. The van der Waals surface area contributed by atoms with Gasteiger partial charge in [-0.3, -0.25) is 4.90 Å². The first kappa shape index (κ1) is 26.4. The summed E-state index contributed by atoms with van der Waals surface area (Å²) in [6, 6.07) is 19.0. The fourth-order valence-corrected chi connectivity index (χ4v) is 3.84. The van der Waals surface area contributed by atoms with Gasteiger partial charge in [-0.2, -0.15) is 0 Å². The molecule has 3 aromatic rings. The second-order valence-corrected chi connectivity index (χ2v) is 7.66. The van der Waals surface area contributed by atoms with Gasteiger partial charge in [0.15, 0.2) is 0 Å². The van der Waals surface area contributed by atoms with Gasteiger partial charge in [-0.05, 0) is 54.0 Å². The van der Waals surface area contributed by atoms with Crippen molar-refractivity contribution in [2.24, 2.45) is 0 Å². The molecule has 0 aliphatic carbocycles. The van der Waals surface area contributed by atoms with E-state index in [1.165, 1.54) is 28.5 Å². The molecule has 0 bridgehead atoms. The van der Waals surface area contributed by atoms with E-state index in [1.54, 1.807) is 12.1 Å². The lowest BCUT2D eigenvalue weighted by molar-refractivity contribution is -0.001000. The van der Waals surface area contributed by atoms with Gasteiger partial charge in [0.05, 0.1) is 13.2 Å². The third-order valence-electron chi connectivity index (χ3n) is 5.54. The van der Waals surface area contributed by atoms with Crippen LogP contribution < -0.4 is 34.9 Å². The van der Waals surface area contributed by atoms with Crippen LogP contribution >= 0.6 is 0 Å². The van der Waals surface area contributed by atoms with Gasteiger partial charge in [0.2, 0.25) is 0 Å². The van der Waals surface area contributed by atoms with Crippen molar-refractivity contribution in [1.29, 1.82) is 0 Å². The molecule has 0 spiro atoms. The Morgan fingerprint density at radius 2 is 1.69 bits per heavy atom. The first-order chi connectivity index (χ1) is 14.8. The number of morpholine rings is 1. The average molecular weight is 479 g/mol. The summed E-state index contributed by atoms with van der Waals surface area (Å²) in [4.78, 5) is 2.46. The molecule has 1 saturated heterocycles. The molecular formula is C25H29Cl2FN2O2-2. The molecule has 0 saturated carbocycles. The van der Waals surface area contributed by atoms with E-state index in [0.29, 0.717) is 6.61 Å². The average Bonchev–Trinajstić information content (AvgIpc) is 2.79. The molecule has 0 unspecified atom stereocenters. The number of ether oxygens (including phenoxy) is 2. The maximum absolute atomic E-state index is 13.2. The SMILES string of the molecule is Fc1ccc(COc2ccc3ccccc3c2CNCCCN2CCOCC2)cc1.[Cl-].[Cl-]. The zero-order valence-electron chi connectivity index (χ0n) is 18.0. The van der Waals surface area contributed by atoms with E-state index < -0.39 is 0 Å². The van der Waals surface area contributed by atoms with Crippen LogP contribution in [0.3, 0.4) is 0 Å². The summed E-state index contributed by atoms with van der Waals surface area (Å²) in [5.74, 6) is 0.644. The molecule has 1 aliphatic heterocycles. The summed E-state index contributed by atoms with van der Waals surface area (Å²) >= 11 is 0. The van der Waals surface area contributed by atoms with Crippen LogP contribution in [0.1, 0.15) is 17.5 Å². The van der Waals surface area contributed by atoms with Gasteiger partial charge >= 0.3 is 0 Å². The summed E-state index contributed by atoms with van der Waals surface area (Å²) in [5.41, 5.74) is 2.12. The predicted octanol–water partition coefficient (Wildman–Crippen LogP) is -1.62. The minimum absolute atomic E-state index is 0. The predicted molar refractivity (Wildman–Crippen MR) is 118 cm³/mol. The Balaban J connectivity index is 0.00000181. The topological polar surface area (TPSA) is 33.7 Å². The van der Waals surface area contributed by atoms with Crippen molar-refractivity contribution < 1.29 is 38.7 Å². The third kappa shape index (κ3) is 7.32. The maximum Gasteiger partial charge on any atom is 0.124 e. The second kappa shape index (κ2) is 13.6. The van der Waals surface area contributed by atoms with E-state index in [0.717, 1.165) is 63.7 Å². The van der Waals surface area contributed by atoms with Gasteiger partial charge in [0.1, 0.15) is 18.2 Å². The number of nitrogens with one attached hydrogen (secondary N) is 1. The van der Waals surface area contributed by atoms with Crippen molar-refractivity contribution in [3.8, 4) is 5.75 Å². The Labute approximate surface area is 201 Å². The monoisotopic (exact) mass is 478 g/mol. The Bertz CT molecular complexity index is 950. The molecule has 174 valence electrons. The quantitative estimate of drug-likeness (QED) is 0.375. The Hall–Kier alpha value is -1.89. The number of fused-ring (bicyclic) bond motifs is 1. The minimum atomic E-state index is -0.230. The van der Waals surface area contributed by atoms with Crippen LogP contribution in [0.2, 0.25) is 0 Å². The van der Waals surface area contributed by atoms with Crippen LogP contribution in [0.5, 0.6) is 5.75 Å². The summed E-state index contributed by atoms with van der Waals surface area (Å²) in [5, 5.41) is 6.00. The largest absolute Gasteiger partial charge is 1.00 e. The molecule has 7 heteroatoms. The number of rotatable bonds is 9. The molecular weight excluding hydrogens is 450 g/mol. The number of nitrogens with zero attached hydrogens (tertiary/aromatic N) is 1. The zero-order valence-corrected chi connectivity index (χ0v) is 19.5. The molecule has 0 radical (unpaired) electrons. The Morgan fingerprint density at radius 3 is 2.47 bits per heavy atom. The van der Waals surface area contributed by atoms with Crippen LogP contribution in [-0.4, -0.2) is 44.3 Å². The van der Waals surface area contributed by atoms with Crippen LogP contribution in [0, 0.1) is 5.82 Å². The minimum Gasteiger partial charge on any atom is -1.00 e. The standard InChI is InChI=1S/C25H29FN2O2.2ClH/c26-22-9-6-20(7-10-22)19-30-25-11-8-21-4-1-2-5-23(21)24(25)18-27-12-3-13-28-14-16-29-17-15-28;;/h1-2,4-11,27H,3,12-19H2;2*1H/p-2. The van der Waals surface area contributed by atoms with Crippen LogP contribution in [0.4, 0.5) is 4.39 Å². The molecule has 1 fully saturated rings. The molecule has 1 heterocycles. The van der Waals surface area contributed by atoms with Crippen molar-refractivity contribution in [1.82, 2.24) is 10.2 Å². The van der Waals surface area contributed by atoms with Crippen LogP contribution in [-0.2, 0) is 17.9 Å². The second-order valence-electron chi connectivity index (χ2n) is 7.66. The molecule has 1 N–H and O–H groups in total. The van der Waals surface area contributed by atoms with Gasteiger partial charge in [0, 0.05) is 25.2 Å². The van der Waals surface area contributed by atoms with Crippen molar-refractivity contribution in [3.05, 3.63) is 77.6 Å². The van der Waals surface area contributed by atoms with Crippen LogP contribution in [0.15, 0.2) is 60.7 Å². The highest BCUT2D eigenvalue weighted by Crippen LogP contribution is 2.28. The van der Waals surface area contributed by atoms with Gasteiger partial charge in [0.25, 0.3) is 0 Å². The van der Waals surface area contributed by atoms with Crippen LogP contribution in [0.25, 0.3) is 10.8 Å². The van der Waals surface area contributed by atoms with E-state index >= 15 is 0 Å². The highest BCUT2D eigenvalue weighted by Gasteiger charge is 2.11. The lowest BCUT2D eigenvalue weighted by atomic mass is 10.0. The maximum atomic E-state index is 13.2. The number of benzene rings is 3. The Kier molecular flexibility index (Phi) is 11.2. The van der Waals surface area contributed by atoms with Gasteiger partial charge in [-0.25, -0.2) is 4.39 Å². The van der Waals surface area contributed by atoms with Gasteiger partial charge in [-0.15, -0.1) is 0 Å². The molecule has 0 aromatic heterocycles. The fraction of sp³-hybridized carbons (Fsp3) is 0.360. The summed E-state index contributed by atoms with van der Waals surface area (Å²) < 4.78 is 24.7. The molecule has 4 rings (SSSR count). The van der Waals surface area contributed by atoms with E-state index in [2.05, 4.69) is 40.5 Å². The lowest BCUT2D eigenvalue weighted by Gasteiger charge is -2.26. The first-order valence-corrected chi connectivity index (χ1v) is 10.7. The summed E-state index contributed by atoms with van der Waals surface area (Å²) in [6.07, 6.45) is 1.11. The van der Waals surface area contributed by atoms with Gasteiger partial charge in [-0.1, -0.05) is 42.5 Å². The molecule has 3 aromatic carbocycles. The molecule has 1 aliphatic rings. The number of hydrogen-bond donors (Lipinski definition) is 1. The summed E-state index contributed by atoms with van der Waals surface area (Å²) in [6.45, 7) is 6.98. The number of hydrogen-bond acceptors (Lipinski definition) is 4. The smallest absolute Gasteiger partial charge is 0.124 e. The van der Waals surface area contributed by atoms with E-state index in [-0.39, 0.29) is 30.6 Å². The molecule has 0 atom stereocenters. The van der Waals surface area contributed by atoms with Crippen molar-refractivity contribution in [3.63, 3.8) is 0 Å². The van der Waals surface area contributed by atoms with E-state index in [1.807, 2.05) is 6.07 Å². The van der Waals surface area contributed by atoms with E-state index in [9.17, 15) is 4.39 Å². The Morgan fingerprint density at radius 1 is 0.938 bits per heavy atom. The van der Waals surface area contributed by atoms with E-state index in [4.69, 9.17) is 9.47 Å². The van der Waals surface area contributed by atoms with Crippen molar-refractivity contribution in [2.75, 3.05) is 39.4 Å².